The zero-order chi connectivity index (χ0) is 24.4. The molecule has 1 unspecified atom stereocenters. The van der Waals surface area contributed by atoms with Crippen molar-refractivity contribution >= 4 is 35.0 Å². The van der Waals surface area contributed by atoms with Crippen LogP contribution in [0.4, 0.5) is 0 Å². The van der Waals surface area contributed by atoms with Crippen LogP contribution in [0.1, 0.15) is 31.0 Å². The van der Waals surface area contributed by atoms with Crippen molar-refractivity contribution in [1.82, 2.24) is 4.57 Å². The van der Waals surface area contributed by atoms with Crippen molar-refractivity contribution in [1.29, 1.82) is 0 Å². The molecule has 9 heteroatoms. The van der Waals surface area contributed by atoms with Crippen LogP contribution in [0.15, 0.2) is 63.5 Å². The Hall–Kier alpha value is -3.36. The molecule has 0 aliphatic carbocycles. The number of halogens is 1. The zero-order valence-corrected chi connectivity index (χ0v) is 20.7. The highest BCUT2D eigenvalue weighted by atomic mass is 35.5. The van der Waals surface area contributed by atoms with E-state index in [9.17, 15) is 9.59 Å². The lowest BCUT2D eigenvalue weighted by Gasteiger charge is -2.25. The smallest absolute Gasteiger partial charge is 0.338 e. The van der Waals surface area contributed by atoms with Gasteiger partial charge in [-0.25, -0.2) is 9.79 Å². The van der Waals surface area contributed by atoms with Crippen LogP contribution >= 0.6 is 22.9 Å². The molecule has 7 nitrogen and oxygen atoms in total. The van der Waals surface area contributed by atoms with E-state index in [4.69, 9.17) is 25.8 Å². The van der Waals surface area contributed by atoms with E-state index in [0.717, 1.165) is 5.56 Å². The fourth-order valence-electron chi connectivity index (χ4n) is 3.86. The highest BCUT2D eigenvalue weighted by Gasteiger charge is 2.33. The van der Waals surface area contributed by atoms with Gasteiger partial charge in [0.2, 0.25) is 0 Å². The maximum Gasteiger partial charge on any atom is 0.338 e. The van der Waals surface area contributed by atoms with E-state index in [1.807, 2.05) is 18.2 Å². The fraction of sp³-hybridized carbons (Fsp3) is 0.240. The first-order valence-electron chi connectivity index (χ1n) is 10.6. The second-order valence-electron chi connectivity index (χ2n) is 7.44. The van der Waals surface area contributed by atoms with Gasteiger partial charge in [0.05, 0.1) is 42.7 Å². The van der Waals surface area contributed by atoms with Crippen LogP contribution < -0.4 is 24.4 Å². The number of thiazole rings is 1. The molecule has 0 radical (unpaired) electrons. The van der Waals surface area contributed by atoms with Gasteiger partial charge in [-0.1, -0.05) is 47.2 Å². The molecule has 2 heterocycles. The lowest BCUT2D eigenvalue weighted by Crippen LogP contribution is -2.40. The minimum absolute atomic E-state index is 0.200. The first-order chi connectivity index (χ1) is 16.4. The second-order valence-corrected chi connectivity index (χ2v) is 8.85. The van der Waals surface area contributed by atoms with Gasteiger partial charge in [0, 0.05) is 5.02 Å². The second kappa shape index (κ2) is 9.87. The number of esters is 1. The van der Waals surface area contributed by atoms with E-state index < -0.39 is 12.0 Å². The third kappa shape index (κ3) is 4.26. The van der Waals surface area contributed by atoms with Crippen LogP contribution in [0.5, 0.6) is 11.5 Å². The third-order valence-corrected chi connectivity index (χ3v) is 6.76. The molecule has 2 aromatic carbocycles. The molecular weight excluding hydrogens is 476 g/mol. The molecule has 176 valence electrons. The molecule has 1 aliphatic heterocycles. The number of rotatable bonds is 6. The van der Waals surface area contributed by atoms with Crippen LogP contribution in [0.2, 0.25) is 5.02 Å². The minimum atomic E-state index is -0.747. The number of hydrogen-bond acceptors (Lipinski definition) is 7. The summed E-state index contributed by atoms with van der Waals surface area (Å²) in [7, 11) is 3.08. The lowest BCUT2D eigenvalue weighted by molar-refractivity contribution is -0.139. The van der Waals surface area contributed by atoms with Crippen LogP contribution in [0.3, 0.4) is 0 Å². The summed E-state index contributed by atoms with van der Waals surface area (Å²) in [6, 6.07) is 11.8. The number of methoxy groups -OCH3 is 2. The summed E-state index contributed by atoms with van der Waals surface area (Å²) >= 11 is 7.55. The molecule has 0 bridgehead atoms. The van der Waals surface area contributed by atoms with Crippen molar-refractivity contribution in [2.45, 2.75) is 19.9 Å². The van der Waals surface area contributed by atoms with Crippen molar-refractivity contribution in [2.75, 3.05) is 20.8 Å². The largest absolute Gasteiger partial charge is 0.493 e. The Bertz CT molecular complexity index is 1470. The Kier molecular flexibility index (Phi) is 6.90. The molecule has 4 rings (SSSR count). The van der Waals surface area contributed by atoms with E-state index in [1.165, 1.54) is 23.0 Å². The maximum absolute atomic E-state index is 13.6. The van der Waals surface area contributed by atoms with Crippen molar-refractivity contribution in [3.05, 3.63) is 89.6 Å². The van der Waals surface area contributed by atoms with Gasteiger partial charge in [0.15, 0.2) is 16.3 Å². The summed E-state index contributed by atoms with van der Waals surface area (Å²) in [5.74, 6) is 0.496. The number of carbonyl (C=O) groups is 1. The van der Waals surface area contributed by atoms with Crippen molar-refractivity contribution < 1.29 is 19.0 Å². The molecule has 0 N–H and O–H groups in total. The molecule has 0 saturated carbocycles. The van der Waals surface area contributed by atoms with E-state index >= 15 is 0 Å². The number of carbonyl (C=O) groups excluding carboxylic acids is 1. The zero-order valence-electron chi connectivity index (χ0n) is 19.1. The highest BCUT2D eigenvalue weighted by molar-refractivity contribution is 7.07. The summed E-state index contributed by atoms with van der Waals surface area (Å²) in [6.07, 6.45) is 1.74. The first kappa shape index (κ1) is 23.8. The Morgan fingerprint density at radius 3 is 2.59 bits per heavy atom. The van der Waals surface area contributed by atoms with Crippen LogP contribution in [0.25, 0.3) is 6.08 Å². The number of fused-ring (bicyclic) bond motifs is 1. The Morgan fingerprint density at radius 2 is 1.91 bits per heavy atom. The molecule has 0 spiro atoms. The monoisotopic (exact) mass is 498 g/mol. The topological polar surface area (TPSA) is 79.1 Å². The summed E-state index contributed by atoms with van der Waals surface area (Å²) in [5.41, 5.74) is 1.89. The Morgan fingerprint density at radius 1 is 1.18 bits per heavy atom. The SMILES string of the molecule is CCOC(=O)C1=C(C)N=c2sc(=Cc3ccccc3Cl)c(=O)n2C1c1ccc(OC)c(OC)c1. The summed E-state index contributed by atoms with van der Waals surface area (Å²) < 4.78 is 18.1. The van der Waals surface area contributed by atoms with E-state index in [0.29, 0.717) is 42.7 Å². The molecule has 0 saturated heterocycles. The summed E-state index contributed by atoms with van der Waals surface area (Å²) in [5, 5.41) is 0.535. The average molecular weight is 499 g/mol. The first-order valence-corrected chi connectivity index (χ1v) is 11.7. The van der Waals surface area contributed by atoms with Crippen molar-refractivity contribution in [3.63, 3.8) is 0 Å². The van der Waals surface area contributed by atoms with Crippen molar-refractivity contribution in [2.24, 2.45) is 4.99 Å². The Labute approximate surface area is 205 Å². The van der Waals surface area contributed by atoms with E-state index in [2.05, 4.69) is 4.99 Å². The van der Waals surface area contributed by atoms with Gasteiger partial charge >= 0.3 is 5.97 Å². The van der Waals surface area contributed by atoms with Crippen LogP contribution in [-0.4, -0.2) is 31.4 Å². The highest BCUT2D eigenvalue weighted by Crippen LogP contribution is 2.36. The number of benzene rings is 2. The standard InChI is InChI=1S/C25H23ClN2O5S/c1-5-33-24(30)21-14(2)27-25-28(22(21)16-10-11-18(31-3)19(12-16)32-4)23(29)20(34-25)13-15-8-6-7-9-17(15)26/h6-13,22H,5H2,1-4H3. The molecule has 1 atom stereocenters. The molecule has 0 fully saturated rings. The summed E-state index contributed by atoms with van der Waals surface area (Å²) in [6.45, 7) is 3.67. The molecule has 1 aliphatic rings. The molecule has 3 aromatic rings. The predicted octanol–water partition coefficient (Wildman–Crippen LogP) is 3.47. The number of ether oxygens (including phenoxy) is 3. The van der Waals surface area contributed by atoms with Gasteiger partial charge in [0.25, 0.3) is 5.56 Å². The van der Waals surface area contributed by atoms with Crippen LogP contribution in [-0.2, 0) is 9.53 Å². The van der Waals surface area contributed by atoms with E-state index in [-0.39, 0.29) is 12.2 Å². The average Bonchev–Trinajstić information content (AvgIpc) is 3.13. The van der Waals surface area contributed by atoms with Gasteiger partial charge in [-0.3, -0.25) is 9.36 Å². The number of aromatic nitrogens is 1. The van der Waals surface area contributed by atoms with Crippen LogP contribution in [0, 0.1) is 0 Å². The predicted molar refractivity (Wildman–Crippen MR) is 131 cm³/mol. The number of nitrogens with zero attached hydrogens (tertiary/aromatic N) is 2. The fourth-order valence-corrected chi connectivity index (χ4v) is 5.09. The maximum atomic E-state index is 13.6. The summed E-state index contributed by atoms with van der Waals surface area (Å²) in [4.78, 5) is 31.7. The number of allylic oxidation sites excluding steroid dienone is 1. The van der Waals surface area contributed by atoms with E-state index in [1.54, 1.807) is 51.3 Å². The van der Waals surface area contributed by atoms with Gasteiger partial charge in [-0.15, -0.1) is 0 Å². The lowest BCUT2D eigenvalue weighted by atomic mass is 9.95. The number of hydrogen-bond donors (Lipinski definition) is 0. The molecule has 0 amide bonds. The normalized spacial score (nSPS) is 15.6. The Balaban J connectivity index is 1.99. The van der Waals surface area contributed by atoms with Crippen molar-refractivity contribution in [3.8, 4) is 11.5 Å². The minimum Gasteiger partial charge on any atom is -0.493 e. The third-order valence-electron chi connectivity index (χ3n) is 5.43. The van der Waals surface area contributed by atoms with Gasteiger partial charge in [-0.05, 0) is 49.2 Å². The molecule has 1 aromatic heterocycles. The van der Waals surface area contributed by atoms with Gasteiger partial charge in [-0.2, -0.15) is 0 Å². The van der Waals surface area contributed by atoms with Gasteiger partial charge in [0.1, 0.15) is 0 Å². The van der Waals surface area contributed by atoms with Gasteiger partial charge < -0.3 is 14.2 Å². The quantitative estimate of drug-likeness (QED) is 0.486. The molecule has 34 heavy (non-hydrogen) atoms. The molecular formula is C25H23ClN2O5S.